The monoisotopic (exact) mass is 212 g/mol. The molecule has 0 atom stereocenters. The second-order valence-corrected chi connectivity index (χ2v) is 3.26. The molecule has 15 heavy (non-hydrogen) atoms. The summed E-state index contributed by atoms with van der Waals surface area (Å²) in [7, 11) is 3.22. The predicted molar refractivity (Wildman–Crippen MR) is 55.0 cm³/mol. The molecular weight excluding hydrogens is 199 g/mol. The van der Waals surface area contributed by atoms with Crippen LogP contribution in [-0.2, 0) is 4.79 Å². The zero-order valence-corrected chi connectivity index (χ0v) is 8.66. The third kappa shape index (κ3) is 3.12. The van der Waals surface area contributed by atoms with E-state index >= 15 is 0 Å². The van der Waals surface area contributed by atoms with Crippen LogP contribution in [0.15, 0.2) is 18.2 Å². The largest absolute Gasteiger partial charge is 0.482 e. The Morgan fingerprint density at radius 1 is 1.53 bits per heavy atom. The van der Waals surface area contributed by atoms with Gasteiger partial charge in [0.1, 0.15) is 11.6 Å². The van der Waals surface area contributed by atoms with Gasteiger partial charge >= 0.3 is 0 Å². The lowest BCUT2D eigenvalue weighted by Gasteiger charge is -2.12. The molecule has 1 aromatic carbocycles. The Bertz CT molecular complexity index is 366. The van der Waals surface area contributed by atoms with E-state index in [1.54, 1.807) is 14.1 Å². The van der Waals surface area contributed by atoms with Gasteiger partial charge in [0.15, 0.2) is 6.61 Å². The van der Waals surface area contributed by atoms with Crippen LogP contribution in [0.2, 0.25) is 0 Å². The zero-order valence-electron chi connectivity index (χ0n) is 8.66. The molecule has 0 aliphatic rings. The van der Waals surface area contributed by atoms with E-state index in [1.165, 1.54) is 17.0 Å². The first-order valence-corrected chi connectivity index (χ1v) is 4.38. The van der Waals surface area contributed by atoms with Crippen LogP contribution in [-0.4, -0.2) is 31.5 Å². The number of hydrogen-bond donors (Lipinski definition) is 1. The molecule has 2 N–H and O–H groups in total. The lowest BCUT2D eigenvalue weighted by Crippen LogP contribution is -2.27. The van der Waals surface area contributed by atoms with Gasteiger partial charge in [-0.05, 0) is 12.1 Å². The highest BCUT2D eigenvalue weighted by Gasteiger charge is 2.07. The number of carbonyl (C=O) groups excluding carboxylic acids is 1. The molecule has 0 bridgehead atoms. The first-order chi connectivity index (χ1) is 7.00. The molecule has 0 aliphatic heterocycles. The third-order valence-corrected chi connectivity index (χ3v) is 1.83. The molecule has 0 saturated heterocycles. The Balaban J connectivity index is 2.65. The third-order valence-electron chi connectivity index (χ3n) is 1.83. The molecule has 5 heteroatoms. The van der Waals surface area contributed by atoms with E-state index in [-0.39, 0.29) is 18.3 Å². The highest BCUT2D eigenvalue weighted by Crippen LogP contribution is 2.21. The summed E-state index contributed by atoms with van der Waals surface area (Å²) in [4.78, 5) is 12.6. The van der Waals surface area contributed by atoms with Gasteiger partial charge in [0.05, 0.1) is 5.69 Å². The Labute approximate surface area is 87.4 Å². The van der Waals surface area contributed by atoms with Crippen LogP contribution in [0.5, 0.6) is 5.75 Å². The summed E-state index contributed by atoms with van der Waals surface area (Å²) in [6, 6.07) is 3.78. The average Bonchev–Trinajstić information content (AvgIpc) is 2.18. The van der Waals surface area contributed by atoms with Crippen molar-refractivity contribution in [2.45, 2.75) is 0 Å². The minimum absolute atomic E-state index is 0.152. The van der Waals surface area contributed by atoms with E-state index in [2.05, 4.69) is 0 Å². The highest BCUT2D eigenvalue weighted by molar-refractivity contribution is 5.77. The molecule has 1 amide bonds. The number of halogens is 1. The van der Waals surface area contributed by atoms with Crippen LogP contribution < -0.4 is 10.5 Å². The maximum Gasteiger partial charge on any atom is 0.259 e. The van der Waals surface area contributed by atoms with E-state index < -0.39 is 5.82 Å². The highest BCUT2D eigenvalue weighted by atomic mass is 19.1. The summed E-state index contributed by atoms with van der Waals surface area (Å²) >= 11 is 0. The standard InChI is InChI=1S/C10H13FN2O2/c1-13(2)10(14)6-15-9-5-7(11)3-4-8(9)12/h3-5H,6,12H2,1-2H3. The SMILES string of the molecule is CN(C)C(=O)COc1cc(F)ccc1N. The molecule has 0 radical (unpaired) electrons. The second-order valence-electron chi connectivity index (χ2n) is 3.26. The number of hydrogen-bond acceptors (Lipinski definition) is 3. The number of ether oxygens (including phenoxy) is 1. The Hall–Kier alpha value is -1.78. The van der Waals surface area contributed by atoms with Crippen molar-refractivity contribution in [1.82, 2.24) is 4.90 Å². The fraction of sp³-hybridized carbons (Fsp3) is 0.300. The van der Waals surface area contributed by atoms with Gasteiger partial charge in [-0.3, -0.25) is 4.79 Å². The first kappa shape index (κ1) is 11.3. The van der Waals surface area contributed by atoms with Crippen LogP contribution in [0, 0.1) is 5.82 Å². The van der Waals surface area contributed by atoms with Gasteiger partial charge < -0.3 is 15.4 Å². The fourth-order valence-corrected chi connectivity index (χ4v) is 0.902. The quantitative estimate of drug-likeness (QED) is 0.756. The molecule has 0 fully saturated rings. The number of nitrogens with two attached hydrogens (primary N) is 1. The van der Waals surface area contributed by atoms with Gasteiger partial charge in [-0.15, -0.1) is 0 Å². The minimum atomic E-state index is -0.448. The lowest BCUT2D eigenvalue weighted by atomic mass is 10.3. The topological polar surface area (TPSA) is 55.6 Å². The van der Waals surface area contributed by atoms with Gasteiger partial charge in [-0.2, -0.15) is 0 Å². The van der Waals surface area contributed by atoms with Crippen molar-refractivity contribution in [3.05, 3.63) is 24.0 Å². The number of benzene rings is 1. The minimum Gasteiger partial charge on any atom is -0.482 e. The van der Waals surface area contributed by atoms with E-state index in [0.29, 0.717) is 5.69 Å². The van der Waals surface area contributed by atoms with E-state index in [0.717, 1.165) is 6.07 Å². The van der Waals surface area contributed by atoms with Crippen LogP contribution in [0.25, 0.3) is 0 Å². The lowest BCUT2D eigenvalue weighted by molar-refractivity contribution is -0.130. The number of carbonyl (C=O) groups is 1. The van der Waals surface area contributed by atoms with Crippen molar-refractivity contribution in [1.29, 1.82) is 0 Å². The first-order valence-electron chi connectivity index (χ1n) is 4.38. The summed E-state index contributed by atoms with van der Waals surface area (Å²) in [5, 5.41) is 0. The number of nitrogen functional groups attached to an aromatic ring is 1. The van der Waals surface area contributed by atoms with Gasteiger partial charge in [0, 0.05) is 20.2 Å². The summed E-state index contributed by atoms with van der Waals surface area (Å²) in [5.41, 5.74) is 5.84. The smallest absolute Gasteiger partial charge is 0.259 e. The predicted octanol–water partition coefficient (Wildman–Crippen LogP) is 0.875. The van der Waals surface area contributed by atoms with Crippen molar-refractivity contribution in [2.24, 2.45) is 0 Å². The molecule has 1 rings (SSSR count). The van der Waals surface area contributed by atoms with Crippen LogP contribution in [0.4, 0.5) is 10.1 Å². The maximum atomic E-state index is 12.8. The zero-order chi connectivity index (χ0) is 11.4. The number of amides is 1. The molecule has 0 saturated carbocycles. The van der Waals surface area contributed by atoms with Crippen LogP contribution in [0.3, 0.4) is 0 Å². The number of likely N-dealkylation sites (N-methyl/N-ethyl adjacent to an activating group) is 1. The maximum absolute atomic E-state index is 12.8. The van der Waals surface area contributed by atoms with Crippen molar-refractivity contribution in [3.8, 4) is 5.75 Å². The molecule has 0 unspecified atom stereocenters. The summed E-state index contributed by atoms with van der Waals surface area (Å²) in [6.07, 6.45) is 0. The van der Waals surface area contributed by atoms with Crippen molar-refractivity contribution in [3.63, 3.8) is 0 Å². The molecule has 1 aromatic rings. The second kappa shape index (κ2) is 4.63. The molecule has 0 heterocycles. The van der Waals surface area contributed by atoms with E-state index in [4.69, 9.17) is 10.5 Å². The Morgan fingerprint density at radius 2 is 2.20 bits per heavy atom. The molecule has 0 aliphatic carbocycles. The number of rotatable bonds is 3. The number of nitrogens with zero attached hydrogens (tertiary/aromatic N) is 1. The van der Waals surface area contributed by atoms with E-state index in [1.807, 2.05) is 0 Å². The summed E-state index contributed by atoms with van der Waals surface area (Å²) < 4.78 is 17.9. The Morgan fingerprint density at radius 3 is 2.80 bits per heavy atom. The summed E-state index contributed by atoms with van der Waals surface area (Å²) in [6.45, 7) is -0.152. The van der Waals surface area contributed by atoms with Gasteiger partial charge in [0.25, 0.3) is 5.91 Å². The van der Waals surface area contributed by atoms with Crippen molar-refractivity contribution < 1.29 is 13.9 Å². The van der Waals surface area contributed by atoms with E-state index in [9.17, 15) is 9.18 Å². The Kier molecular flexibility index (Phi) is 3.49. The van der Waals surface area contributed by atoms with Gasteiger partial charge in [0.2, 0.25) is 0 Å². The molecule has 0 aromatic heterocycles. The average molecular weight is 212 g/mol. The number of anilines is 1. The van der Waals surface area contributed by atoms with Crippen molar-refractivity contribution in [2.75, 3.05) is 26.4 Å². The fourth-order valence-electron chi connectivity index (χ4n) is 0.902. The summed E-state index contributed by atoms with van der Waals surface area (Å²) in [5.74, 6) is -0.472. The normalized spacial score (nSPS) is 9.80. The molecule has 4 nitrogen and oxygen atoms in total. The van der Waals surface area contributed by atoms with Crippen molar-refractivity contribution >= 4 is 11.6 Å². The molecule has 0 spiro atoms. The molecular formula is C10H13FN2O2. The molecule has 82 valence electrons. The van der Waals surface area contributed by atoms with Crippen LogP contribution in [0.1, 0.15) is 0 Å². The van der Waals surface area contributed by atoms with Crippen LogP contribution >= 0.6 is 0 Å². The van der Waals surface area contributed by atoms with Gasteiger partial charge in [-0.1, -0.05) is 0 Å². The van der Waals surface area contributed by atoms with Gasteiger partial charge in [-0.25, -0.2) is 4.39 Å².